The Bertz CT molecular complexity index is 360. The molecule has 0 aromatic carbocycles. The predicted octanol–water partition coefficient (Wildman–Crippen LogP) is 4.98. The van der Waals surface area contributed by atoms with E-state index in [9.17, 15) is 0 Å². The van der Waals surface area contributed by atoms with E-state index in [2.05, 4.69) is 24.4 Å². The molecule has 3 rings (SSSR count). The van der Waals surface area contributed by atoms with Gasteiger partial charge in [0.15, 0.2) is 0 Å². The predicted molar refractivity (Wildman–Crippen MR) is 69.4 cm³/mol. The number of hydrogen-bond acceptors (Lipinski definition) is 0. The average molecular weight is 439 g/mol. The standard InChI is InChI=1S/C15H23.ClH.Hg/c1-10-11-6-7-12-13(11)14(2,3)8-5-9-15(10,12)4;;/h1,11-13H,5-9H2,2-4H3;1H;/q;;+1/p-1/t11-,12-,13+,15-;;/m0../s1. The number of halogens is 1. The fourth-order valence-corrected chi connectivity index (χ4v) is 10.8. The first-order valence-corrected chi connectivity index (χ1v) is 17.2. The Kier molecular flexibility index (Phi) is 3.23. The third-order valence-corrected chi connectivity index (χ3v) is 9.91. The van der Waals surface area contributed by atoms with Crippen molar-refractivity contribution in [3.8, 4) is 0 Å². The zero-order chi connectivity index (χ0) is 12.3. The van der Waals surface area contributed by atoms with Gasteiger partial charge in [-0.2, -0.15) is 0 Å². The van der Waals surface area contributed by atoms with Gasteiger partial charge in [-0.15, -0.1) is 0 Å². The summed E-state index contributed by atoms with van der Waals surface area (Å²) in [5, 5.41) is 0. The van der Waals surface area contributed by atoms with E-state index < -0.39 is 23.3 Å². The van der Waals surface area contributed by atoms with Crippen molar-refractivity contribution in [2.45, 2.75) is 52.9 Å². The van der Waals surface area contributed by atoms with E-state index in [1.165, 1.54) is 32.1 Å². The molecule has 2 heteroatoms. The van der Waals surface area contributed by atoms with Gasteiger partial charge in [0.25, 0.3) is 0 Å². The van der Waals surface area contributed by atoms with Gasteiger partial charge in [0.05, 0.1) is 0 Å². The molecule has 3 fully saturated rings. The molecule has 0 aromatic rings. The van der Waals surface area contributed by atoms with Crippen LogP contribution in [0.3, 0.4) is 0 Å². The Balaban J connectivity index is 2.08. The molecule has 0 unspecified atom stereocenters. The average Bonchev–Trinajstić information content (AvgIpc) is 2.74. The molecule has 0 nitrogen and oxygen atoms in total. The molecule has 0 N–H and O–H groups in total. The second kappa shape index (κ2) is 4.23. The second-order valence-electron chi connectivity index (χ2n) is 7.39. The van der Waals surface area contributed by atoms with Crippen LogP contribution in [0.15, 0.2) is 9.16 Å². The van der Waals surface area contributed by atoms with Crippen molar-refractivity contribution < 1.29 is 23.3 Å². The first-order chi connectivity index (χ1) is 8.00. The van der Waals surface area contributed by atoms with E-state index in [0.29, 0.717) is 10.8 Å². The van der Waals surface area contributed by atoms with Gasteiger partial charge >= 0.3 is 122 Å². The van der Waals surface area contributed by atoms with Gasteiger partial charge in [-0.1, -0.05) is 0 Å². The molecule has 0 aromatic heterocycles. The normalized spacial score (nSPS) is 49.2. The molecule has 4 atom stereocenters. The molecule has 17 heavy (non-hydrogen) atoms. The Labute approximate surface area is 121 Å². The Hall–Kier alpha value is 0.965. The van der Waals surface area contributed by atoms with Crippen LogP contribution in [0.1, 0.15) is 52.9 Å². The first kappa shape index (κ1) is 13.0. The summed E-state index contributed by atoms with van der Waals surface area (Å²) >= 11 is -1.14. The molecule has 0 amide bonds. The van der Waals surface area contributed by atoms with E-state index in [1.807, 2.05) is 5.57 Å². The monoisotopic (exact) mass is 440 g/mol. The molecule has 0 heterocycles. The maximum absolute atomic E-state index is 6.23. The van der Waals surface area contributed by atoms with Gasteiger partial charge in [-0.25, -0.2) is 0 Å². The van der Waals surface area contributed by atoms with Crippen molar-refractivity contribution in [1.29, 1.82) is 0 Å². The molecule has 4 bridgehead atoms. The zero-order valence-electron chi connectivity index (χ0n) is 11.4. The Morgan fingerprint density at radius 1 is 1.24 bits per heavy atom. The van der Waals surface area contributed by atoms with Crippen molar-refractivity contribution in [1.82, 2.24) is 0 Å². The number of hydrogen-bond donors (Lipinski definition) is 0. The minimum absolute atomic E-state index is 0.552. The first-order valence-electron chi connectivity index (χ1n) is 7.27. The van der Waals surface area contributed by atoms with E-state index in [0.717, 1.165) is 17.8 Å². The Morgan fingerprint density at radius 3 is 2.71 bits per heavy atom. The van der Waals surface area contributed by atoms with Gasteiger partial charge in [-0.05, 0) is 0 Å². The van der Waals surface area contributed by atoms with Gasteiger partial charge in [0, 0.05) is 0 Å². The fourth-order valence-electron chi connectivity index (χ4n) is 5.66. The summed E-state index contributed by atoms with van der Waals surface area (Å²) in [5.74, 6) is 2.87. The minimum atomic E-state index is -1.14. The van der Waals surface area contributed by atoms with Crippen LogP contribution in [0.25, 0.3) is 0 Å². The summed E-state index contributed by atoms with van der Waals surface area (Å²) in [6, 6.07) is 0. The molecule has 3 aliphatic rings. The molecule has 0 aliphatic heterocycles. The quantitative estimate of drug-likeness (QED) is 0.506. The molecular weight excluding hydrogens is 416 g/mol. The summed E-state index contributed by atoms with van der Waals surface area (Å²) in [5.41, 5.74) is 2.96. The van der Waals surface area contributed by atoms with Crippen LogP contribution >= 0.6 is 8.25 Å². The van der Waals surface area contributed by atoms with Crippen molar-refractivity contribution in [2.75, 3.05) is 0 Å². The third kappa shape index (κ3) is 1.72. The van der Waals surface area contributed by atoms with Gasteiger partial charge in [0.1, 0.15) is 0 Å². The van der Waals surface area contributed by atoms with Gasteiger partial charge < -0.3 is 0 Å². The number of rotatable bonds is 1. The molecule has 0 radical (unpaired) electrons. The summed E-state index contributed by atoms with van der Waals surface area (Å²) in [4.78, 5) is 0. The van der Waals surface area contributed by atoms with Crippen molar-refractivity contribution in [3.05, 3.63) is 9.16 Å². The van der Waals surface area contributed by atoms with Crippen molar-refractivity contribution in [2.24, 2.45) is 28.6 Å². The van der Waals surface area contributed by atoms with Crippen LogP contribution in [-0.4, -0.2) is 0 Å². The van der Waals surface area contributed by atoms with Crippen LogP contribution in [0.5, 0.6) is 0 Å². The topological polar surface area (TPSA) is 0 Å². The third-order valence-electron chi connectivity index (χ3n) is 6.25. The summed E-state index contributed by atoms with van der Waals surface area (Å²) in [6.07, 6.45) is 7.26. The van der Waals surface area contributed by atoms with Crippen LogP contribution < -0.4 is 0 Å². The van der Waals surface area contributed by atoms with Gasteiger partial charge in [0.2, 0.25) is 0 Å². The van der Waals surface area contributed by atoms with E-state index in [4.69, 9.17) is 8.25 Å². The molecular formula is C15H23ClHg. The number of allylic oxidation sites excluding steroid dienone is 1. The molecule has 3 aliphatic carbocycles. The van der Waals surface area contributed by atoms with Crippen molar-refractivity contribution >= 4 is 8.25 Å². The van der Waals surface area contributed by atoms with Crippen LogP contribution in [0.4, 0.5) is 0 Å². The Morgan fingerprint density at radius 2 is 2.00 bits per heavy atom. The SMILES string of the molecule is CC1(C)CCC[C@@]2(C)/C(=[CH]/[Hg][Cl])[C@@H]3CC[C@H]2[C@@H]31. The van der Waals surface area contributed by atoms with E-state index in [1.54, 1.807) is 0 Å². The van der Waals surface area contributed by atoms with Crippen LogP contribution in [0, 0.1) is 28.6 Å². The van der Waals surface area contributed by atoms with Gasteiger partial charge in [-0.3, -0.25) is 0 Å². The molecule has 92 valence electrons. The van der Waals surface area contributed by atoms with E-state index >= 15 is 0 Å². The maximum atomic E-state index is 6.23. The molecule has 0 spiro atoms. The van der Waals surface area contributed by atoms with E-state index in [-0.39, 0.29) is 0 Å². The second-order valence-corrected chi connectivity index (χ2v) is 12.9. The molecule has 3 saturated carbocycles. The summed E-state index contributed by atoms with van der Waals surface area (Å²) in [6.45, 7) is 7.63. The zero-order valence-corrected chi connectivity index (χ0v) is 17.7. The fraction of sp³-hybridized carbons (Fsp3) is 0.867. The summed E-state index contributed by atoms with van der Waals surface area (Å²) < 4.78 is 2.58. The van der Waals surface area contributed by atoms with Crippen LogP contribution in [-0.2, 0) is 23.3 Å². The summed E-state index contributed by atoms with van der Waals surface area (Å²) in [7, 11) is 6.23. The molecule has 0 saturated heterocycles. The van der Waals surface area contributed by atoms with Crippen LogP contribution in [0.2, 0.25) is 0 Å². The van der Waals surface area contributed by atoms with Crippen molar-refractivity contribution in [3.63, 3.8) is 0 Å².